The molecule has 0 aliphatic rings. The number of carbonyl (C=O) groups is 4. The Balaban J connectivity index is 5.20. The minimum Gasteiger partial charge on any atom is -0.480 e. The quantitative estimate of drug-likeness (QED) is 0.132. The number of aliphatic hydroxyl groups is 1. The van der Waals surface area contributed by atoms with E-state index in [0.717, 1.165) is 0 Å². The fourth-order valence-electron chi connectivity index (χ4n) is 2.65. The summed E-state index contributed by atoms with van der Waals surface area (Å²) in [4.78, 5) is 48.8. The van der Waals surface area contributed by atoms with Gasteiger partial charge in [0.1, 0.15) is 18.1 Å². The maximum Gasteiger partial charge on any atom is 0.326 e. The lowest BCUT2D eigenvalue weighted by atomic mass is 10.0. The zero-order valence-electron chi connectivity index (χ0n) is 18.4. The molecule has 0 aromatic carbocycles. The highest BCUT2D eigenvalue weighted by atomic mass is 32.2. The van der Waals surface area contributed by atoms with Gasteiger partial charge in [0.25, 0.3) is 0 Å². The molecular formula is C19H37N5O6S. The molecule has 0 saturated heterocycles. The van der Waals surface area contributed by atoms with Crippen LogP contribution in [0.4, 0.5) is 0 Å². The summed E-state index contributed by atoms with van der Waals surface area (Å²) in [5.41, 5.74) is 11.3. The molecule has 3 amide bonds. The van der Waals surface area contributed by atoms with Crippen molar-refractivity contribution in [3.63, 3.8) is 0 Å². The number of rotatable bonds is 16. The van der Waals surface area contributed by atoms with Crippen LogP contribution >= 0.6 is 11.8 Å². The average molecular weight is 464 g/mol. The summed E-state index contributed by atoms with van der Waals surface area (Å²) < 4.78 is 0. The highest BCUT2D eigenvalue weighted by Gasteiger charge is 2.30. The number of thioether (sulfide) groups is 1. The first-order chi connectivity index (χ1) is 14.6. The van der Waals surface area contributed by atoms with E-state index in [-0.39, 0.29) is 12.3 Å². The second kappa shape index (κ2) is 15.8. The zero-order chi connectivity index (χ0) is 24.0. The van der Waals surface area contributed by atoms with Crippen LogP contribution in [0.15, 0.2) is 0 Å². The molecule has 4 atom stereocenters. The van der Waals surface area contributed by atoms with Gasteiger partial charge in [-0.05, 0) is 50.2 Å². The van der Waals surface area contributed by atoms with Gasteiger partial charge in [-0.25, -0.2) is 4.79 Å². The highest BCUT2D eigenvalue weighted by Crippen LogP contribution is 2.06. The molecule has 180 valence electrons. The van der Waals surface area contributed by atoms with Gasteiger partial charge in [0.2, 0.25) is 17.7 Å². The van der Waals surface area contributed by atoms with E-state index in [1.54, 1.807) is 13.8 Å². The molecule has 12 heteroatoms. The van der Waals surface area contributed by atoms with Gasteiger partial charge in [0, 0.05) is 0 Å². The number of nitrogens with two attached hydrogens (primary N) is 2. The van der Waals surface area contributed by atoms with Crippen molar-refractivity contribution in [2.75, 3.05) is 25.2 Å². The molecule has 0 aromatic heterocycles. The van der Waals surface area contributed by atoms with Crippen LogP contribution in [0.2, 0.25) is 0 Å². The van der Waals surface area contributed by atoms with Crippen LogP contribution in [-0.2, 0) is 19.2 Å². The first-order valence-corrected chi connectivity index (χ1v) is 11.7. The second-order valence-electron chi connectivity index (χ2n) is 7.55. The topological polar surface area (TPSA) is 197 Å². The lowest BCUT2D eigenvalue weighted by molar-refractivity contribution is -0.143. The standard InChI is InChI=1S/C19H37N5O6S/c1-11(2)15(19(29)30)24-17(27)13(6-4-5-8-20)22-18(28)14(10-25)23-16(26)12(21)7-9-31-3/h11-15,25H,4-10,20-21H2,1-3H3,(H,22,28)(H,23,26)(H,24,27)(H,29,30). The van der Waals surface area contributed by atoms with Crippen LogP contribution in [0.5, 0.6) is 0 Å². The molecule has 0 aliphatic carbocycles. The molecule has 0 rings (SSSR count). The monoisotopic (exact) mass is 463 g/mol. The number of nitrogens with one attached hydrogen (secondary N) is 3. The van der Waals surface area contributed by atoms with Crippen molar-refractivity contribution >= 4 is 35.5 Å². The maximum atomic E-state index is 12.7. The Morgan fingerprint density at radius 3 is 2.00 bits per heavy atom. The third-order valence-electron chi connectivity index (χ3n) is 4.60. The van der Waals surface area contributed by atoms with Crippen molar-refractivity contribution in [1.29, 1.82) is 0 Å². The molecule has 4 unspecified atom stereocenters. The van der Waals surface area contributed by atoms with Crippen molar-refractivity contribution < 1.29 is 29.4 Å². The van der Waals surface area contributed by atoms with E-state index in [4.69, 9.17) is 11.5 Å². The van der Waals surface area contributed by atoms with Gasteiger partial charge in [-0.1, -0.05) is 13.8 Å². The summed E-state index contributed by atoms with van der Waals surface area (Å²) in [5, 5.41) is 26.1. The zero-order valence-corrected chi connectivity index (χ0v) is 19.2. The van der Waals surface area contributed by atoms with Gasteiger partial charge in [-0.2, -0.15) is 11.8 Å². The molecule has 0 bridgehead atoms. The number of carbonyl (C=O) groups excluding carboxylic acids is 3. The summed E-state index contributed by atoms with van der Waals surface area (Å²) in [6.45, 7) is 3.01. The minimum atomic E-state index is -1.29. The van der Waals surface area contributed by atoms with Crippen molar-refractivity contribution in [1.82, 2.24) is 16.0 Å². The number of aliphatic hydroxyl groups excluding tert-OH is 1. The van der Waals surface area contributed by atoms with Gasteiger partial charge >= 0.3 is 5.97 Å². The first-order valence-electron chi connectivity index (χ1n) is 10.3. The number of carboxylic acid groups (broad SMARTS) is 1. The molecule has 0 aromatic rings. The van der Waals surface area contributed by atoms with Gasteiger partial charge in [0.05, 0.1) is 12.6 Å². The Hall–Kier alpha value is -1.89. The second-order valence-corrected chi connectivity index (χ2v) is 8.53. The maximum absolute atomic E-state index is 12.7. The van der Waals surface area contributed by atoms with Crippen molar-refractivity contribution in [3.05, 3.63) is 0 Å². The van der Waals surface area contributed by atoms with E-state index < -0.39 is 54.5 Å². The fraction of sp³-hybridized carbons (Fsp3) is 0.789. The van der Waals surface area contributed by atoms with Crippen LogP contribution in [0.1, 0.15) is 39.5 Å². The third kappa shape index (κ3) is 11.3. The van der Waals surface area contributed by atoms with Gasteiger partial charge < -0.3 is 37.6 Å². The molecule has 31 heavy (non-hydrogen) atoms. The smallest absolute Gasteiger partial charge is 0.326 e. The van der Waals surface area contributed by atoms with E-state index in [0.29, 0.717) is 31.6 Å². The number of hydrogen-bond donors (Lipinski definition) is 7. The molecule has 0 fully saturated rings. The van der Waals surface area contributed by atoms with E-state index in [9.17, 15) is 29.4 Å². The van der Waals surface area contributed by atoms with Crippen molar-refractivity contribution in [2.45, 2.75) is 63.7 Å². The van der Waals surface area contributed by atoms with Crippen LogP contribution in [-0.4, -0.2) is 83.2 Å². The first kappa shape index (κ1) is 29.1. The molecule has 0 saturated carbocycles. The van der Waals surface area contributed by atoms with Crippen LogP contribution < -0.4 is 27.4 Å². The Labute approximate surface area is 187 Å². The fourth-order valence-corrected chi connectivity index (χ4v) is 3.14. The van der Waals surface area contributed by atoms with Crippen LogP contribution in [0.25, 0.3) is 0 Å². The number of aliphatic carboxylic acids is 1. The van der Waals surface area contributed by atoms with E-state index in [1.807, 2.05) is 6.26 Å². The Morgan fingerprint density at radius 2 is 1.52 bits per heavy atom. The van der Waals surface area contributed by atoms with E-state index in [2.05, 4.69) is 16.0 Å². The SMILES string of the molecule is CSCCC(N)C(=O)NC(CO)C(=O)NC(CCCCN)C(=O)NC(C(=O)O)C(C)C. The molecule has 0 aliphatic heterocycles. The van der Waals surface area contributed by atoms with Gasteiger partial charge in [-0.15, -0.1) is 0 Å². The molecule has 0 heterocycles. The average Bonchev–Trinajstić information content (AvgIpc) is 2.72. The van der Waals surface area contributed by atoms with Crippen molar-refractivity contribution in [2.24, 2.45) is 17.4 Å². The molecule has 11 nitrogen and oxygen atoms in total. The van der Waals surface area contributed by atoms with Gasteiger partial charge in [0.15, 0.2) is 0 Å². The Kier molecular flexibility index (Phi) is 14.9. The van der Waals surface area contributed by atoms with Crippen LogP contribution in [0, 0.1) is 5.92 Å². The summed E-state index contributed by atoms with van der Waals surface area (Å²) in [6.07, 6.45) is 3.63. The summed E-state index contributed by atoms with van der Waals surface area (Å²) in [5.74, 6) is -2.90. The predicted molar refractivity (Wildman–Crippen MR) is 119 cm³/mol. The van der Waals surface area contributed by atoms with Gasteiger partial charge in [-0.3, -0.25) is 14.4 Å². The third-order valence-corrected chi connectivity index (χ3v) is 5.24. The van der Waals surface area contributed by atoms with E-state index >= 15 is 0 Å². The number of carboxylic acids is 1. The molecule has 9 N–H and O–H groups in total. The predicted octanol–water partition coefficient (Wildman–Crippen LogP) is -1.62. The van der Waals surface area contributed by atoms with Crippen molar-refractivity contribution in [3.8, 4) is 0 Å². The highest BCUT2D eigenvalue weighted by molar-refractivity contribution is 7.98. The molecule has 0 radical (unpaired) electrons. The summed E-state index contributed by atoms with van der Waals surface area (Å²) in [7, 11) is 0. The van der Waals surface area contributed by atoms with Crippen LogP contribution in [0.3, 0.4) is 0 Å². The lowest BCUT2D eigenvalue weighted by Gasteiger charge is -2.25. The summed E-state index contributed by atoms with van der Waals surface area (Å²) >= 11 is 1.52. The van der Waals surface area contributed by atoms with E-state index in [1.165, 1.54) is 11.8 Å². The Bertz CT molecular complexity index is 592. The lowest BCUT2D eigenvalue weighted by Crippen LogP contribution is -2.58. The summed E-state index contributed by atoms with van der Waals surface area (Å²) in [6, 6.07) is -4.29. The largest absolute Gasteiger partial charge is 0.480 e. The Morgan fingerprint density at radius 1 is 0.935 bits per heavy atom. The normalized spacial score (nSPS) is 14.9. The molecular weight excluding hydrogens is 426 g/mol. The minimum absolute atomic E-state index is 0.221. The number of hydrogen-bond acceptors (Lipinski definition) is 8. The molecule has 0 spiro atoms. The number of amides is 3. The number of unbranched alkanes of at least 4 members (excludes halogenated alkanes) is 1.